The Hall–Kier alpha value is -1.18. The summed E-state index contributed by atoms with van der Waals surface area (Å²) in [5.41, 5.74) is 5.63. The number of hydrogen-bond donors (Lipinski definition) is 2. The maximum absolute atomic E-state index is 8.68. The summed E-state index contributed by atoms with van der Waals surface area (Å²) in [6.07, 6.45) is 1.84. The average Bonchev–Trinajstić information content (AvgIpc) is 2.91. The Morgan fingerprint density at radius 2 is 2.28 bits per heavy atom. The minimum Gasteiger partial charge on any atom is -0.409 e. The molecule has 1 aromatic heterocycles. The Morgan fingerprint density at radius 1 is 1.56 bits per heavy atom. The van der Waals surface area contributed by atoms with Crippen molar-refractivity contribution in [3.05, 3.63) is 16.6 Å². The maximum Gasteiger partial charge on any atom is 0.156 e. The van der Waals surface area contributed by atoms with Crippen LogP contribution in [0.3, 0.4) is 0 Å². The Kier molecular flexibility index (Phi) is 4.51. The Bertz CT molecular complexity index is 386. The molecule has 1 atom stereocenters. The fourth-order valence-corrected chi connectivity index (χ4v) is 2.76. The van der Waals surface area contributed by atoms with E-state index in [0.29, 0.717) is 0 Å². The summed E-state index contributed by atoms with van der Waals surface area (Å²) in [5, 5.41) is 14.9. The minimum atomic E-state index is -0.00277. The summed E-state index contributed by atoms with van der Waals surface area (Å²) in [4.78, 5) is 8.91. The molecule has 0 aliphatic carbocycles. The quantitative estimate of drug-likeness (QED) is 0.358. The molecule has 1 aliphatic rings. The van der Waals surface area contributed by atoms with E-state index in [-0.39, 0.29) is 11.9 Å². The second-order valence-corrected chi connectivity index (χ2v) is 5.42. The number of oxime groups is 1. The lowest BCUT2D eigenvalue weighted by atomic mass is 10.2. The summed E-state index contributed by atoms with van der Waals surface area (Å²) >= 11 is 1.69. The van der Waals surface area contributed by atoms with Gasteiger partial charge in [0.15, 0.2) is 5.84 Å². The van der Waals surface area contributed by atoms with Crippen LogP contribution in [0.2, 0.25) is 0 Å². The van der Waals surface area contributed by atoms with Gasteiger partial charge >= 0.3 is 0 Å². The zero-order valence-corrected chi connectivity index (χ0v) is 11.3. The van der Waals surface area contributed by atoms with Gasteiger partial charge in [0.1, 0.15) is 5.01 Å². The van der Waals surface area contributed by atoms with Crippen molar-refractivity contribution in [2.45, 2.75) is 19.5 Å². The number of rotatable bonds is 4. The lowest BCUT2D eigenvalue weighted by molar-refractivity contribution is 0.116. The van der Waals surface area contributed by atoms with Crippen LogP contribution in [0.25, 0.3) is 0 Å². The van der Waals surface area contributed by atoms with Crippen molar-refractivity contribution in [3.63, 3.8) is 0 Å². The number of nitrogens with zero attached hydrogens (tertiary/aromatic N) is 4. The van der Waals surface area contributed by atoms with Crippen LogP contribution in [0.15, 0.2) is 16.7 Å². The van der Waals surface area contributed by atoms with Crippen molar-refractivity contribution >= 4 is 17.2 Å². The average molecular weight is 269 g/mol. The Morgan fingerprint density at radius 3 is 2.83 bits per heavy atom. The van der Waals surface area contributed by atoms with E-state index in [0.717, 1.165) is 37.7 Å². The third-order valence-corrected chi connectivity index (χ3v) is 4.10. The van der Waals surface area contributed by atoms with E-state index in [1.807, 2.05) is 18.5 Å². The summed E-state index contributed by atoms with van der Waals surface area (Å²) in [6.45, 7) is 6.73. The molecule has 100 valence electrons. The molecule has 0 bridgehead atoms. The highest BCUT2D eigenvalue weighted by molar-refractivity contribution is 7.09. The SMILES string of the molecule is CC(C(N)=NO)N1CCN(Cc2nccs2)CC1. The van der Waals surface area contributed by atoms with Crippen LogP contribution in [0.1, 0.15) is 11.9 Å². The van der Waals surface area contributed by atoms with Gasteiger partial charge in [0, 0.05) is 37.8 Å². The number of hydrogen-bond acceptors (Lipinski definition) is 6. The van der Waals surface area contributed by atoms with Gasteiger partial charge in [-0.3, -0.25) is 9.80 Å². The van der Waals surface area contributed by atoms with Crippen LogP contribution in [-0.2, 0) is 6.54 Å². The third-order valence-electron chi connectivity index (χ3n) is 3.34. The van der Waals surface area contributed by atoms with Crippen molar-refractivity contribution in [2.75, 3.05) is 26.2 Å². The fraction of sp³-hybridized carbons (Fsp3) is 0.636. The van der Waals surface area contributed by atoms with Gasteiger partial charge < -0.3 is 10.9 Å². The molecule has 1 fully saturated rings. The molecule has 0 amide bonds. The molecule has 1 aliphatic heterocycles. The number of aromatic nitrogens is 1. The highest BCUT2D eigenvalue weighted by atomic mass is 32.1. The summed E-state index contributed by atoms with van der Waals surface area (Å²) in [7, 11) is 0. The van der Waals surface area contributed by atoms with Gasteiger partial charge in [-0.25, -0.2) is 4.98 Å². The van der Waals surface area contributed by atoms with Crippen molar-refractivity contribution in [2.24, 2.45) is 10.9 Å². The van der Waals surface area contributed by atoms with Crippen molar-refractivity contribution < 1.29 is 5.21 Å². The van der Waals surface area contributed by atoms with E-state index in [4.69, 9.17) is 10.9 Å². The van der Waals surface area contributed by atoms with Crippen LogP contribution >= 0.6 is 11.3 Å². The number of thiazole rings is 1. The van der Waals surface area contributed by atoms with E-state index in [2.05, 4.69) is 19.9 Å². The molecule has 3 N–H and O–H groups in total. The molecule has 1 unspecified atom stereocenters. The number of nitrogens with two attached hydrogens (primary N) is 1. The first kappa shape index (κ1) is 13.3. The van der Waals surface area contributed by atoms with Gasteiger partial charge in [0.05, 0.1) is 12.6 Å². The first-order valence-corrected chi connectivity index (χ1v) is 6.91. The smallest absolute Gasteiger partial charge is 0.156 e. The molecule has 18 heavy (non-hydrogen) atoms. The molecular formula is C11H19N5OS. The third kappa shape index (κ3) is 3.18. The second-order valence-electron chi connectivity index (χ2n) is 4.44. The highest BCUT2D eigenvalue weighted by Crippen LogP contribution is 2.12. The van der Waals surface area contributed by atoms with Gasteiger partial charge in [-0.05, 0) is 6.92 Å². The molecule has 2 rings (SSSR count). The van der Waals surface area contributed by atoms with Gasteiger partial charge in [0.2, 0.25) is 0 Å². The van der Waals surface area contributed by atoms with Crippen molar-refractivity contribution in [1.29, 1.82) is 0 Å². The molecular weight excluding hydrogens is 250 g/mol. The summed E-state index contributed by atoms with van der Waals surface area (Å²) in [5.74, 6) is 0.281. The zero-order chi connectivity index (χ0) is 13.0. The molecule has 2 heterocycles. The van der Waals surface area contributed by atoms with Crippen LogP contribution in [-0.4, -0.2) is 58.0 Å². The van der Waals surface area contributed by atoms with Crippen LogP contribution in [0.5, 0.6) is 0 Å². The maximum atomic E-state index is 8.68. The number of piperazine rings is 1. The van der Waals surface area contributed by atoms with E-state index >= 15 is 0 Å². The van der Waals surface area contributed by atoms with Crippen molar-refractivity contribution in [3.8, 4) is 0 Å². The van der Waals surface area contributed by atoms with E-state index < -0.39 is 0 Å². The minimum absolute atomic E-state index is 0.00277. The normalized spacial score (nSPS) is 21.1. The van der Waals surface area contributed by atoms with Gasteiger partial charge in [-0.1, -0.05) is 5.16 Å². The van der Waals surface area contributed by atoms with Gasteiger partial charge in [0.25, 0.3) is 0 Å². The lowest BCUT2D eigenvalue weighted by Gasteiger charge is -2.37. The molecule has 1 aromatic rings. The van der Waals surface area contributed by atoms with Crippen LogP contribution in [0.4, 0.5) is 0 Å². The largest absolute Gasteiger partial charge is 0.409 e. The van der Waals surface area contributed by atoms with Crippen LogP contribution < -0.4 is 5.73 Å². The molecule has 0 saturated carbocycles. The molecule has 7 heteroatoms. The monoisotopic (exact) mass is 269 g/mol. The molecule has 0 spiro atoms. The zero-order valence-electron chi connectivity index (χ0n) is 10.5. The first-order chi connectivity index (χ1) is 8.70. The summed E-state index contributed by atoms with van der Waals surface area (Å²) in [6, 6.07) is -0.00277. The second kappa shape index (κ2) is 6.12. The van der Waals surface area contributed by atoms with E-state index in [1.54, 1.807) is 11.3 Å². The summed E-state index contributed by atoms with van der Waals surface area (Å²) < 4.78 is 0. The predicted octanol–water partition coefficient (Wildman–Crippen LogP) is 0.396. The van der Waals surface area contributed by atoms with Gasteiger partial charge in [-0.15, -0.1) is 11.3 Å². The molecule has 1 saturated heterocycles. The fourth-order valence-electron chi connectivity index (χ4n) is 2.10. The number of amidine groups is 1. The Labute approximate surface area is 111 Å². The van der Waals surface area contributed by atoms with Gasteiger partial charge in [-0.2, -0.15) is 0 Å². The standard InChI is InChI=1S/C11H19N5OS/c1-9(11(12)14-17)16-5-3-15(4-6-16)8-10-13-2-7-18-10/h2,7,9,17H,3-6,8H2,1H3,(H2,12,14). The van der Waals surface area contributed by atoms with Crippen molar-refractivity contribution in [1.82, 2.24) is 14.8 Å². The highest BCUT2D eigenvalue weighted by Gasteiger charge is 2.23. The topological polar surface area (TPSA) is 78.0 Å². The Balaban J connectivity index is 1.81. The first-order valence-electron chi connectivity index (χ1n) is 6.03. The predicted molar refractivity (Wildman–Crippen MR) is 71.8 cm³/mol. The van der Waals surface area contributed by atoms with E-state index in [9.17, 15) is 0 Å². The lowest BCUT2D eigenvalue weighted by Crippen LogP contribution is -2.52. The molecule has 0 radical (unpaired) electrons. The van der Waals surface area contributed by atoms with Crippen LogP contribution in [0, 0.1) is 0 Å². The van der Waals surface area contributed by atoms with E-state index in [1.165, 1.54) is 0 Å². The molecule has 6 nitrogen and oxygen atoms in total. The molecule has 0 aromatic carbocycles.